The standard InChI is InChI=1S/C17H9BrClFN4OS/c18-10-7-12(14(19)21-8-10)16(25)23-15-13(9-1-3-11(20)4-2-9)22-17-24(15)5-6-26-17/h1-8H,(H,23,25). The van der Waals surface area contributed by atoms with E-state index in [9.17, 15) is 9.18 Å². The zero-order valence-electron chi connectivity index (χ0n) is 12.9. The van der Waals surface area contributed by atoms with Crippen LogP contribution >= 0.6 is 38.9 Å². The van der Waals surface area contributed by atoms with Gasteiger partial charge in [0.25, 0.3) is 5.91 Å². The number of halogens is 3. The molecule has 3 aromatic heterocycles. The van der Waals surface area contributed by atoms with E-state index >= 15 is 0 Å². The number of hydrogen-bond donors (Lipinski definition) is 1. The highest BCUT2D eigenvalue weighted by Crippen LogP contribution is 2.31. The second-order valence-electron chi connectivity index (χ2n) is 5.32. The van der Waals surface area contributed by atoms with Crippen LogP contribution in [0.15, 0.2) is 52.6 Å². The third-order valence-corrected chi connectivity index (χ3v) is 5.15. The lowest BCUT2D eigenvalue weighted by atomic mass is 10.1. The molecule has 0 aliphatic rings. The molecule has 1 aromatic carbocycles. The van der Waals surface area contributed by atoms with E-state index in [2.05, 4.69) is 31.2 Å². The molecule has 0 aliphatic heterocycles. The lowest BCUT2D eigenvalue weighted by Gasteiger charge is -2.08. The molecule has 4 aromatic rings. The quantitative estimate of drug-likeness (QED) is 0.432. The van der Waals surface area contributed by atoms with E-state index in [0.717, 1.165) is 0 Å². The van der Waals surface area contributed by atoms with Crippen molar-refractivity contribution in [3.05, 3.63) is 69.1 Å². The monoisotopic (exact) mass is 450 g/mol. The fraction of sp³-hybridized carbons (Fsp3) is 0. The van der Waals surface area contributed by atoms with Gasteiger partial charge in [-0.15, -0.1) is 11.3 Å². The van der Waals surface area contributed by atoms with Gasteiger partial charge in [0.05, 0.1) is 5.56 Å². The van der Waals surface area contributed by atoms with Gasteiger partial charge in [-0.2, -0.15) is 0 Å². The molecular weight excluding hydrogens is 443 g/mol. The van der Waals surface area contributed by atoms with E-state index in [0.29, 0.717) is 26.5 Å². The highest BCUT2D eigenvalue weighted by atomic mass is 79.9. The van der Waals surface area contributed by atoms with Gasteiger partial charge in [-0.3, -0.25) is 9.20 Å². The SMILES string of the molecule is O=C(Nc1c(-c2ccc(F)cc2)nc2sccn12)c1cc(Br)cnc1Cl. The smallest absolute Gasteiger partial charge is 0.260 e. The number of pyridine rings is 1. The molecule has 0 radical (unpaired) electrons. The number of fused-ring (bicyclic) bond motifs is 1. The maximum Gasteiger partial charge on any atom is 0.260 e. The van der Waals surface area contributed by atoms with Crippen molar-refractivity contribution in [3.63, 3.8) is 0 Å². The highest BCUT2D eigenvalue weighted by molar-refractivity contribution is 9.10. The van der Waals surface area contributed by atoms with Gasteiger partial charge in [0.15, 0.2) is 4.96 Å². The fourth-order valence-electron chi connectivity index (χ4n) is 2.47. The zero-order valence-corrected chi connectivity index (χ0v) is 16.1. The van der Waals surface area contributed by atoms with Gasteiger partial charge in [0.1, 0.15) is 22.5 Å². The second kappa shape index (κ2) is 6.79. The van der Waals surface area contributed by atoms with Gasteiger partial charge in [-0.05, 0) is 46.3 Å². The molecule has 0 saturated heterocycles. The van der Waals surface area contributed by atoms with Gasteiger partial charge >= 0.3 is 0 Å². The lowest BCUT2D eigenvalue weighted by molar-refractivity contribution is 0.102. The summed E-state index contributed by atoms with van der Waals surface area (Å²) in [6.07, 6.45) is 3.31. The molecule has 1 N–H and O–H groups in total. The summed E-state index contributed by atoms with van der Waals surface area (Å²) in [5, 5.41) is 4.80. The molecule has 3 heterocycles. The molecular formula is C17H9BrClFN4OS. The molecule has 0 bridgehead atoms. The van der Waals surface area contributed by atoms with E-state index in [1.165, 1.54) is 29.7 Å². The van der Waals surface area contributed by atoms with Crippen molar-refractivity contribution in [3.8, 4) is 11.3 Å². The van der Waals surface area contributed by atoms with Crippen LogP contribution in [-0.4, -0.2) is 20.3 Å². The Morgan fingerprint density at radius 1 is 1.31 bits per heavy atom. The fourth-order valence-corrected chi connectivity index (χ4v) is 3.71. The maximum atomic E-state index is 13.2. The summed E-state index contributed by atoms with van der Waals surface area (Å²) in [5.74, 6) is -0.276. The Hall–Kier alpha value is -2.29. The first kappa shape index (κ1) is 17.1. The van der Waals surface area contributed by atoms with Crippen LogP contribution in [0.3, 0.4) is 0 Å². The van der Waals surface area contributed by atoms with E-state index in [-0.39, 0.29) is 16.5 Å². The summed E-state index contributed by atoms with van der Waals surface area (Å²) < 4.78 is 15.6. The number of nitrogens with zero attached hydrogens (tertiary/aromatic N) is 3. The molecule has 0 spiro atoms. The van der Waals surface area contributed by atoms with Crippen LogP contribution in [0.1, 0.15) is 10.4 Å². The Morgan fingerprint density at radius 2 is 2.08 bits per heavy atom. The lowest BCUT2D eigenvalue weighted by Crippen LogP contribution is -2.15. The molecule has 1 amide bonds. The Kier molecular flexibility index (Phi) is 4.47. The molecule has 4 rings (SSSR count). The van der Waals surface area contributed by atoms with E-state index in [4.69, 9.17) is 11.6 Å². The molecule has 26 heavy (non-hydrogen) atoms. The van der Waals surface area contributed by atoms with Crippen LogP contribution in [0.2, 0.25) is 5.15 Å². The minimum atomic E-state index is -0.417. The highest BCUT2D eigenvalue weighted by Gasteiger charge is 2.20. The average molecular weight is 452 g/mol. The Balaban J connectivity index is 1.79. The molecule has 0 fully saturated rings. The second-order valence-corrected chi connectivity index (χ2v) is 7.46. The van der Waals surface area contributed by atoms with Crippen LogP contribution in [0, 0.1) is 5.82 Å². The predicted molar refractivity (Wildman–Crippen MR) is 103 cm³/mol. The minimum absolute atomic E-state index is 0.0973. The molecule has 0 aliphatic carbocycles. The van der Waals surface area contributed by atoms with Crippen molar-refractivity contribution in [2.24, 2.45) is 0 Å². The van der Waals surface area contributed by atoms with Crippen molar-refractivity contribution >= 4 is 55.6 Å². The van der Waals surface area contributed by atoms with Gasteiger partial charge in [-0.1, -0.05) is 11.6 Å². The molecule has 130 valence electrons. The average Bonchev–Trinajstić information content (AvgIpc) is 3.20. The third-order valence-electron chi connectivity index (χ3n) is 3.66. The largest absolute Gasteiger partial charge is 0.306 e. The van der Waals surface area contributed by atoms with Crippen molar-refractivity contribution in [1.29, 1.82) is 0 Å². The molecule has 9 heteroatoms. The van der Waals surface area contributed by atoms with Gasteiger partial charge in [-0.25, -0.2) is 14.4 Å². The summed E-state index contributed by atoms with van der Waals surface area (Å²) in [7, 11) is 0. The number of amides is 1. The topological polar surface area (TPSA) is 59.3 Å². The number of carbonyl (C=O) groups excluding carboxylic acids is 1. The first-order chi connectivity index (χ1) is 12.5. The summed E-state index contributed by atoms with van der Waals surface area (Å²) in [5.41, 5.74) is 1.47. The van der Waals surface area contributed by atoms with Gasteiger partial charge < -0.3 is 5.32 Å². The molecule has 0 atom stereocenters. The molecule has 5 nitrogen and oxygen atoms in total. The van der Waals surface area contributed by atoms with Crippen LogP contribution in [0.25, 0.3) is 16.2 Å². The van der Waals surface area contributed by atoms with Gasteiger partial charge in [0, 0.05) is 27.8 Å². The Morgan fingerprint density at radius 3 is 2.85 bits per heavy atom. The first-order valence-corrected chi connectivity index (χ1v) is 9.42. The van der Waals surface area contributed by atoms with Crippen molar-refractivity contribution in [2.45, 2.75) is 0 Å². The number of benzene rings is 1. The number of rotatable bonds is 3. The molecule has 0 saturated carbocycles. The summed E-state index contributed by atoms with van der Waals surface area (Å²) in [4.78, 5) is 22.0. The summed E-state index contributed by atoms with van der Waals surface area (Å²) >= 11 is 10.8. The predicted octanol–water partition coefficient (Wildman–Crippen LogP) is 5.27. The zero-order chi connectivity index (χ0) is 18.3. The maximum absolute atomic E-state index is 13.2. The van der Waals surface area contributed by atoms with E-state index in [1.807, 2.05) is 5.38 Å². The number of carbonyl (C=O) groups is 1. The van der Waals surface area contributed by atoms with Crippen LogP contribution in [-0.2, 0) is 0 Å². The van der Waals surface area contributed by atoms with E-state index in [1.54, 1.807) is 28.8 Å². The Bertz CT molecular complexity index is 1130. The number of imidazole rings is 1. The van der Waals surface area contributed by atoms with Crippen molar-refractivity contribution in [1.82, 2.24) is 14.4 Å². The number of anilines is 1. The third kappa shape index (κ3) is 3.11. The van der Waals surface area contributed by atoms with Crippen molar-refractivity contribution in [2.75, 3.05) is 5.32 Å². The summed E-state index contributed by atoms with van der Waals surface area (Å²) in [6, 6.07) is 7.52. The number of nitrogens with one attached hydrogen (secondary N) is 1. The normalized spacial score (nSPS) is 11.0. The van der Waals surface area contributed by atoms with Crippen LogP contribution < -0.4 is 5.32 Å². The number of hydrogen-bond acceptors (Lipinski definition) is 4. The summed E-state index contributed by atoms with van der Waals surface area (Å²) in [6.45, 7) is 0. The first-order valence-electron chi connectivity index (χ1n) is 7.37. The number of aromatic nitrogens is 3. The minimum Gasteiger partial charge on any atom is -0.306 e. The van der Waals surface area contributed by atoms with Crippen molar-refractivity contribution < 1.29 is 9.18 Å². The van der Waals surface area contributed by atoms with Crippen LogP contribution in [0.4, 0.5) is 10.2 Å². The van der Waals surface area contributed by atoms with E-state index < -0.39 is 5.91 Å². The number of thiazole rings is 1. The molecule has 0 unspecified atom stereocenters. The van der Waals surface area contributed by atoms with Gasteiger partial charge in [0.2, 0.25) is 0 Å². The van der Waals surface area contributed by atoms with Crippen LogP contribution in [0.5, 0.6) is 0 Å². The Labute approximate surface area is 164 Å².